The number of ether oxygens (including phenoxy) is 1. The number of nitrogens with zero attached hydrogens (tertiary/aromatic N) is 4. The van der Waals surface area contributed by atoms with Crippen molar-refractivity contribution in [3.8, 4) is 0 Å². The summed E-state index contributed by atoms with van der Waals surface area (Å²) in [5.74, 6) is -0.0289. The molecule has 144 valence electrons. The summed E-state index contributed by atoms with van der Waals surface area (Å²) < 4.78 is 8.29. The maximum absolute atomic E-state index is 12.2. The smallest absolute Gasteiger partial charge is 0.330 e. The monoisotopic (exact) mass is 391 g/mol. The summed E-state index contributed by atoms with van der Waals surface area (Å²) in [4.78, 5) is 47.3. The summed E-state index contributed by atoms with van der Waals surface area (Å²) in [6, 6.07) is 0. The van der Waals surface area contributed by atoms with E-state index < -0.39 is 17.2 Å². The minimum Gasteiger partial charge on any atom is -0.457 e. The molecule has 27 heavy (non-hydrogen) atoms. The number of aromatic nitrogens is 5. The van der Waals surface area contributed by atoms with Crippen LogP contribution in [0.2, 0.25) is 0 Å². The molecule has 0 aliphatic heterocycles. The number of H-pyrrole nitrogens is 1. The van der Waals surface area contributed by atoms with Crippen molar-refractivity contribution >= 4 is 28.5 Å². The summed E-state index contributed by atoms with van der Waals surface area (Å²) in [6.07, 6.45) is 1.77. The van der Waals surface area contributed by atoms with E-state index in [0.29, 0.717) is 23.7 Å². The van der Waals surface area contributed by atoms with Gasteiger partial charge in [-0.1, -0.05) is 13.3 Å². The molecule has 10 heteroatoms. The average Bonchev–Trinajstić information content (AvgIpc) is 3.16. The number of hydrogen-bond donors (Lipinski definition) is 1. The number of carbonyl (C=O) groups is 1. The molecule has 0 aliphatic rings. The summed E-state index contributed by atoms with van der Waals surface area (Å²) in [5, 5.41) is 2.70. The molecule has 3 rings (SSSR count). The Kier molecular flexibility index (Phi) is 5.54. The fourth-order valence-electron chi connectivity index (χ4n) is 2.78. The van der Waals surface area contributed by atoms with Crippen LogP contribution < -0.4 is 11.2 Å². The van der Waals surface area contributed by atoms with Crippen LogP contribution in [0.15, 0.2) is 15.0 Å². The maximum atomic E-state index is 12.2. The van der Waals surface area contributed by atoms with Crippen LogP contribution in [-0.4, -0.2) is 30.1 Å². The third-order valence-electron chi connectivity index (χ3n) is 4.20. The number of aryl methyl sites for hydroxylation is 3. The van der Waals surface area contributed by atoms with Gasteiger partial charge in [0.25, 0.3) is 5.56 Å². The highest BCUT2D eigenvalue weighted by molar-refractivity contribution is 7.09. The van der Waals surface area contributed by atoms with E-state index in [1.165, 1.54) is 15.9 Å². The highest BCUT2D eigenvalue weighted by Gasteiger charge is 2.17. The second-order valence-electron chi connectivity index (χ2n) is 6.22. The van der Waals surface area contributed by atoms with Crippen molar-refractivity contribution in [2.75, 3.05) is 0 Å². The largest absolute Gasteiger partial charge is 0.457 e. The summed E-state index contributed by atoms with van der Waals surface area (Å²) in [5.41, 5.74) is 0.264. The highest BCUT2D eigenvalue weighted by Crippen LogP contribution is 2.13. The molecular formula is C17H21N5O4S. The molecule has 1 N–H and O–H groups in total. The van der Waals surface area contributed by atoms with Crippen molar-refractivity contribution in [1.29, 1.82) is 0 Å². The average molecular weight is 391 g/mol. The summed E-state index contributed by atoms with van der Waals surface area (Å²) in [6.45, 7) is 4.26. The first kappa shape index (κ1) is 19.0. The molecule has 0 bridgehead atoms. The van der Waals surface area contributed by atoms with Gasteiger partial charge < -0.3 is 9.30 Å². The highest BCUT2D eigenvalue weighted by atomic mass is 32.1. The lowest BCUT2D eigenvalue weighted by Gasteiger charge is -2.04. The van der Waals surface area contributed by atoms with Gasteiger partial charge in [-0.2, -0.15) is 0 Å². The zero-order valence-corrected chi connectivity index (χ0v) is 16.3. The third kappa shape index (κ3) is 4.00. The molecule has 3 aromatic heterocycles. The standard InChI is InChI=1S/C17H21N5O4S/c1-4-5-6-22-15-14(16(24)20-17(22)25)21(3)12(19-15)8-26-13(23)7-11-9-27-10(2)18-11/h9H,4-8H2,1-3H3,(H,20,24,25). The molecule has 3 heterocycles. The van der Waals surface area contributed by atoms with E-state index in [1.54, 1.807) is 11.6 Å². The predicted molar refractivity (Wildman–Crippen MR) is 101 cm³/mol. The molecular weight excluding hydrogens is 370 g/mol. The first-order chi connectivity index (χ1) is 12.9. The van der Waals surface area contributed by atoms with Gasteiger partial charge in [-0.25, -0.2) is 14.8 Å². The van der Waals surface area contributed by atoms with Crippen molar-refractivity contribution in [3.05, 3.63) is 42.7 Å². The quantitative estimate of drug-likeness (QED) is 0.607. The number of imidazole rings is 1. The molecule has 0 spiro atoms. The van der Waals surface area contributed by atoms with Gasteiger partial charge in [0.15, 0.2) is 11.2 Å². The Morgan fingerprint density at radius 3 is 2.78 bits per heavy atom. The van der Waals surface area contributed by atoms with Gasteiger partial charge >= 0.3 is 11.7 Å². The fourth-order valence-corrected chi connectivity index (χ4v) is 3.39. The molecule has 3 aromatic rings. The van der Waals surface area contributed by atoms with Gasteiger partial charge in [0.05, 0.1) is 17.1 Å². The normalized spacial score (nSPS) is 11.2. The van der Waals surface area contributed by atoms with E-state index in [1.807, 2.05) is 19.2 Å². The second-order valence-corrected chi connectivity index (χ2v) is 7.28. The molecule has 0 saturated carbocycles. The number of carbonyl (C=O) groups excluding carboxylic acids is 1. The maximum Gasteiger partial charge on any atom is 0.330 e. The van der Waals surface area contributed by atoms with Gasteiger partial charge in [0.2, 0.25) is 0 Å². The zero-order chi connectivity index (χ0) is 19.6. The molecule has 0 aliphatic carbocycles. The molecule has 0 aromatic carbocycles. The van der Waals surface area contributed by atoms with Crippen molar-refractivity contribution in [2.45, 2.75) is 46.3 Å². The number of aromatic amines is 1. The van der Waals surface area contributed by atoms with Crippen molar-refractivity contribution in [1.82, 2.24) is 24.1 Å². The number of hydrogen-bond acceptors (Lipinski definition) is 7. The van der Waals surface area contributed by atoms with E-state index in [-0.39, 0.29) is 18.5 Å². The Labute approximate surface area is 158 Å². The summed E-state index contributed by atoms with van der Waals surface area (Å²) >= 11 is 1.47. The molecule has 0 amide bonds. The molecule has 9 nitrogen and oxygen atoms in total. The molecule has 0 atom stereocenters. The zero-order valence-electron chi connectivity index (χ0n) is 15.4. The van der Waals surface area contributed by atoms with Crippen LogP contribution in [0.4, 0.5) is 0 Å². The van der Waals surface area contributed by atoms with E-state index in [9.17, 15) is 14.4 Å². The number of unbranched alkanes of at least 4 members (excludes halogenated alkanes) is 1. The summed E-state index contributed by atoms with van der Waals surface area (Å²) in [7, 11) is 1.66. The number of esters is 1. The van der Waals surface area contributed by atoms with Gasteiger partial charge in [-0.3, -0.25) is 19.1 Å². The Morgan fingerprint density at radius 2 is 2.11 bits per heavy atom. The molecule has 0 radical (unpaired) electrons. The minimum absolute atomic E-state index is 0.0794. The van der Waals surface area contributed by atoms with Gasteiger partial charge in [0, 0.05) is 19.0 Å². The lowest BCUT2D eigenvalue weighted by atomic mass is 10.3. The van der Waals surface area contributed by atoms with Crippen molar-refractivity contribution in [2.24, 2.45) is 7.05 Å². The van der Waals surface area contributed by atoms with Gasteiger partial charge in [-0.15, -0.1) is 11.3 Å². The van der Waals surface area contributed by atoms with E-state index in [0.717, 1.165) is 17.8 Å². The first-order valence-electron chi connectivity index (χ1n) is 8.65. The van der Waals surface area contributed by atoms with Crippen molar-refractivity contribution in [3.63, 3.8) is 0 Å². The minimum atomic E-state index is -0.506. The Hall–Kier alpha value is -2.75. The lowest BCUT2D eigenvalue weighted by molar-refractivity contribution is -0.144. The lowest BCUT2D eigenvalue weighted by Crippen LogP contribution is -2.31. The van der Waals surface area contributed by atoms with Crippen molar-refractivity contribution < 1.29 is 9.53 Å². The second kappa shape index (κ2) is 7.87. The van der Waals surface area contributed by atoms with Crippen LogP contribution in [0, 0.1) is 6.92 Å². The Bertz CT molecular complexity index is 1090. The van der Waals surface area contributed by atoms with Crippen LogP contribution in [0.1, 0.15) is 36.3 Å². The number of rotatable bonds is 7. The predicted octanol–water partition coefficient (Wildman–Crippen LogP) is 1.27. The number of thiazole rings is 1. The fraction of sp³-hybridized carbons (Fsp3) is 0.471. The van der Waals surface area contributed by atoms with E-state index in [4.69, 9.17) is 4.74 Å². The third-order valence-corrected chi connectivity index (χ3v) is 5.02. The van der Waals surface area contributed by atoms with Crippen LogP contribution in [0.25, 0.3) is 11.2 Å². The van der Waals surface area contributed by atoms with Crippen LogP contribution in [0.3, 0.4) is 0 Å². The number of fused-ring (bicyclic) bond motifs is 1. The number of nitrogens with one attached hydrogen (secondary N) is 1. The SMILES string of the molecule is CCCCn1c(=O)[nH]c(=O)c2c1nc(COC(=O)Cc1csc(C)n1)n2C. The van der Waals surface area contributed by atoms with Gasteiger partial charge in [0.1, 0.15) is 12.4 Å². The molecule has 0 unspecified atom stereocenters. The molecule has 0 fully saturated rings. The Balaban J connectivity index is 1.83. The van der Waals surface area contributed by atoms with Crippen LogP contribution in [0.5, 0.6) is 0 Å². The van der Waals surface area contributed by atoms with E-state index in [2.05, 4.69) is 15.0 Å². The first-order valence-corrected chi connectivity index (χ1v) is 9.53. The van der Waals surface area contributed by atoms with Gasteiger partial charge in [-0.05, 0) is 13.3 Å². The van der Waals surface area contributed by atoms with Crippen LogP contribution >= 0.6 is 11.3 Å². The van der Waals surface area contributed by atoms with E-state index >= 15 is 0 Å². The Morgan fingerprint density at radius 1 is 1.33 bits per heavy atom. The van der Waals surface area contributed by atoms with Crippen LogP contribution in [-0.2, 0) is 36.2 Å². The topological polar surface area (TPSA) is 112 Å². The molecule has 0 saturated heterocycles.